The van der Waals surface area contributed by atoms with Crippen molar-refractivity contribution in [3.8, 4) is 23.5 Å². The molecule has 0 atom stereocenters. The van der Waals surface area contributed by atoms with Crippen molar-refractivity contribution in [3.63, 3.8) is 0 Å². The van der Waals surface area contributed by atoms with Crippen molar-refractivity contribution in [2.75, 3.05) is 14.2 Å². The molecule has 0 saturated carbocycles. The van der Waals surface area contributed by atoms with Crippen LogP contribution in [0.5, 0.6) is 23.5 Å². The molecule has 0 saturated heterocycles. The van der Waals surface area contributed by atoms with E-state index >= 15 is 0 Å². The summed E-state index contributed by atoms with van der Waals surface area (Å²) in [6, 6.07) is 15.1. The van der Waals surface area contributed by atoms with Crippen LogP contribution >= 0.6 is 11.6 Å². The second-order valence-electron chi connectivity index (χ2n) is 5.58. The van der Waals surface area contributed by atoms with Crippen molar-refractivity contribution < 1.29 is 19.0 Å². The van der Waals surface area contributed by atoms with Crippen molar-refractivity contribution in [3.05, 3.63) is 70.7 Å². The molecule has 2 aromatic carbocycles. The van der Waals surface area contributed by atoms with E-state index in [9.17, 15) is 4.79 Å². The fourth-order valence-corrected chi connectivity index (χ4v) is 2.37. The quantitative estimate of drug-likeness (QED) is 0.469. The van der Waals surface area contributed by atoms with Gasteiger partial charge in [-0.15, -0.1) is 0 Å². The molecule has 0 aliphatic carbocycles. The zero-order chi connectivity index (χ0) is 20.6. The smallest absolute Gasteiger partial charge is 0.328 e. The summed E-state index contributed by atoms with van der Waals surface area (Å²) in [6.45, 7) is 0. The monoisotopic (exact) mass is 412 g/mol. The minimum Gasteiger partial charge on any atom is -0.481 e. The van der Waals surface area contributed by atoms with Crippen LogP contribution in [0.4, 0.5) is 0 Å². The molecule has 3 aromatic rings. The number of benzene rings is 2. The van der Waals surface area contributed by atoms with E-state index in [0.29, 0.717) is 33.7 Å². The maximum atomic E-state index is 12.1. The number of para-hydroxylation sites is 1. The molecular weight excluding hydrogens is 396 g/mol. The fraction of sp³-hybridized carbons (Fsp3) is 0.100. The van der Waals surface area contributed by atoms with Gasteiger partial charge in [0.2, 0.25) is 11.8 Å². The van der Waals surface area contributed by atoms with Gasteiger partial charge in [-0.3, -0.25) is 4.79 Å². The van der Waals surface area contributed by atoms with Gasteiger partial charge in [0.05, 0.1) is 26.5 Å². The molecule has 0 radical (unpaired) electrons. The number of amides is 1. The number of hydrazone groups is 1. The third kappa shape index (κ3) is 5.43. The van der Waals surface area contributed by atoms with Crippen LogP contribution < -0.4 is 19.6 Å². The predicted octanol–water partition coefficient (Wildman–Crippen LogP) is 3.70. The molecule has 0 aliphatic rings. The van der Waals surface area contributed by atoms with E-state index in [-0.39, 0.29) is 11.9 Å². The first kappa shape index (κ1) is 20.1. The number of methoxy groups -OCH3 is 2. The minimum absolute atomic E-state index is 0.0484. The van der Waals surface area contributed by atoms with Gasteiger partial charge in [-0.05, 0) is 36.4 Å². The highest BCUT2D eigenvalue weighted by Gasteiger charge is 2.10. The summed E-state index contributed by atoms with van der Waals surface area (Å²) >= 11 is 5.82. The standard InChI is InChI=1S/C20H17ClN4O4/c1-27-17-11-18(28-2)24-20(23-17)29-16-6-4-3-5-14(16)12-22-25-19(26)13-7-9-15(21)10-8-13/h3-12H,1-2H3,(H,25,26)/b22-12+. The second-order valence-corrected chi connectivity index (χ2v) is 6.02. The summed E-state index contributed by atoms with van der Waals surface area (Å²) in [5.41, 5.74) is 3.50. The summed E-state index contributed by atoms with van der Waals surface area (Å²) in [5.74, 6) is 0.672. The summed E-state index contributed by atoms with van der Waals surface area (Å²) < 4.78 is 16.0. The Kier molecular flexibility index (Phi) is 6.59. The zero-order valence-electron chi connectivity index (χ0n) is 15.6. The van der Waals surface area contributed by atoms with Crippen LogP contribution in [0.1, 0.15) is 15.9 Å². The van der Waals surface area contributed by atoms with Crippen LogP contribution in [0.15, 0.2) is 59.7 Å². The van der Waals surface area contributed by atoms with E-state index < -0.39 is 0 Å². The van der Waals surface area contributed by atoms with Crippen molar-refractivity contribution in [2.45, 2.75) is 0 Å². The normalized spacial score (nSPS) is 10.6. The number of nitrogens with one attached hydrogen (secondary N) is 1. The first-order valence-electron chi connectivity index (χ1n) is 8.42. The summed E-state index contributed by atoms with van der Waals surface area (Å²) in [6.07, 6.45) is 1.46. The molecule has 0 spiro atoms. The molecule has 3 rings (SSSR count). The average molecular weight is 413 g/mol. The van der Waals surface area contributed by atoms with E-state index in [1.165, 1.54) is 26.5 Å². The van der Waals surface area contributed by atoms with Gasteiger partial charge in [-0.2, -0.15) is 15.1 Å². The van der Waals surface area contributed by atoms with Gasteiger partial charge in [-0.25, -0.2) is 5.43 Å². The molecule has 148 valence electrons. The van der Waals surface area contributed by atoms with Gasteiger partial charge in [0.15, 0.2) is 0 Å². The zero-order valence-corrected chi connectivity index (χ0v) is 16.4. The van der Waals surface area contributed by atoms with E-state index in [1.54, 1.807) is 42.5 Å². The number of aromatic nitrogens is 2. The average Bonchev–Trinajstić information content (AvgIpc) is 2.75. The van der Waals surface area contributed by atoms with Crippen molar-refractivity contribution in [2.24, 2.45) is 5.10 Å². The van der Waals surface area contributed by atoms with Crippen LogP contribution in [-0.4, -0.2) is 36.3 Å². The number of halogens is 1. The van der Waals surface area contributed by atoms with Crippen molar-refractivity contribution >= 4 is 23.7 Å². The molecule has 0 aliphatic heterocycles. The molecule has 8 nitrogen and oxygen atoms in total. The number of rotatable bonds is 7. The van der Waals surface area contributed by atoms with Crippen molar-refractivity contribution in [1.82, 2.24) is 15.4 Å². The topological polar surface area (TPSA) is 94.9 Å². The third-order valence-electron chi connectivity index (χ3n) is 3.67. The van der Waals surface area contributed by atoms with Gasteiger partial charge >= 0.3 is 6.01 Å². The first-order chi connectivity index (χ1) is 14.1. The molecule has 29 heavy (non-hydrogen) atoms. The summed E-state index contributed by atoms with van der Waals surface area (Å²) in [4.78, 5) is 20.4. The highest BCUT2D eigenvalue weighted by molar-refractivity contribution is 6.30. The van der Waals surface area contributed by atoms with Crippen LogP contribution in [0.2, 0.25) is 5.02 Å². The Hall–Kier alpha value is -3.65. The molecule has 1 heterocycles. The lowest BCUT2D eigenvalue weighted by molar-refractivity contribution is 0.0955. The molecule has 1 N–H and O–H groups in total. The van der Waals surface area contributed by atoms with Gasteiger partial charge in [0, 0.05) is 16.1 Å². The summed E-state index contributed by atoms with van der Waals surface area (Å²) in [5, 5.41) is 4.53. The molecule has 0 fully saturated rings. The SMILES string of the molecule is COc1cc(OC)nc(Oc2ccccc2/C=N/NC(=O)c2ccc(Cl)cc2)n1. The lowest BCUT2D eigenvalue weighted by Gasteiger charge is -2.09. The third-order valence-corrected chi connectivity index (χ3v) is 3.93. The number of carbonyl (C=O) groups is 1. The lowest BCUT2D eigenvalue weighted by atomic mass is 10.2. The minimum atomic E-state index is -0.364. The van der Waals surface area contributed by atoms with E-state index in [0.717, 1.165) is 0 Å². The van der Waals surface area contributed by atoms with Gasteiger partial charge < -0.3 is 14.2 Å². The number of ether oxygens (including phenoxy) is 3. The molecule has 9 heteroatoms. The Labute approximate surface area is 172 Å². The maximum Gasteiger partial charge on any atom is 0.328 e. The van der Waals surface area contributed by atoms with E-state index in [4.69, 9.17) is 25.8 Å². The highest BCUT2D eigenvalue weighted by Crippen LogP contribution is 2.25. The van der Waals surface area contributed by atoms with Gasteiger partial charge in [0.25, 0.3) is 5.91 Å². The van der Waals surface area contributed by atoms with Crippen LogP contribution in [0, 0.1) is 0 Å². The Morgan fingerprint density at radius 3 is 2.34 bits per heavy atom. The van der Waals surface area contributed by atoms with Crippen LogP contribution in [0.3, 0.4) is 0 Å². The Bertz CT molecular complexity index is 1000. The molecule has 0 bridgehead atoms. The Morgan fingerprint density at radius 1 is 1.03 bits per heavy atom. The number of nitrogens with zero attached hydrogens (tertiary/aromatic N) is 3. The van der Waals surface area contributed by atoms with E-state index in [1.807, 2.05) is 6.07 Å². The number of hydrogen-bond donors (Lipinski definition) is 1. The highest BCUT2D eigenvalue weighted by atomic mass is 35.5. The maximum absolute atomic E-state index is 12.1. The van der Waals surface area contributed by atoms with E-state index in [2.05, 4.69) is 20.5 Å². The Morgan fingerprint density at radius 2 is 1.69 bits per heavy atom. The van der Waals surface area contributed by atoms with Gasteiger partial charge in [0.1, 0.15) is 5.75 Å². The second kappa shape index (κ2) is 9.52. The van der Waals surface area contributed by atoms with Crippen LogP contribution in [-0.2, 0) is 0 Å². The van der Waals surface area contributed by atoms with Crippen molar-refractivity contribution in [1.29, 1.82) is 0 Å². The largest absolute Gasteiger partial charge is 0.481 e. The molecule has 1 aromatic heterocycles. The van der Waals surface area contributed by atoms with Gasteiger partial charge in [-0.1, -0.05) is 23.7 Å². The fourth-order valence-electron chi connectivity index (χ4n) is 2.24. The lowest BCUT2D eigenvalue weighted by Crippen LogP contribution is -2.17. The molecular formula is C20H17ClN4O4. The molecule has 0 unspecified atom stereocenters. The number of hydrogen-bond acceptors (Lipinski definition) is 7. The Balaban J connectivity index is 1.74. The first-order valence-corrected chi connectivity index (χ1v) is 8.80. The molecule has 1 amide bonds. The number of carbonyl (C=O) groups excluding carboxylic acids is 1. The summed E-state index contributed by atoms with van der Waals surface area (Å²) in [7, 11) is 2.96. The van der Waals surface area contributed by atoms with Crippen LogP contribution in [0.25, 0.3) is 0 Å². The predicted molar refractivity (Wildman–Crippen MR) is 108 cm³/mol.